The summed E-state index contributed by atoms with van der Waals surface area (Å²) in [6.07, 6.45) is -0.771. The van der Waals surface area contributed by atoms with Crippen LogP contribution in [0.4, 0.5) is 11.4 Å². The highest BCUT2D eigenvalue weighted by atomic mass is 35.5. The molecule has 3 N–H and O–H groups in total. The molecule has 0 saturated heterocycles. The molecule has 0 aliphatic carbocycles. The van der Waals surface area contributed by atoms with Crippen LogP contribution in [-0.2, 0) is 14.8 Å². The minimum absolute atomic E-state index is 0.175. The van der Waals surface area contributed by atoms with Crippen LogP contribution in [0.15, 0.2) is 83.8 Å². The number of hydrogen-bond acceptors (Lipinski definition) is 6. The smallest absolute Gasteiger partial charge is 0.266 e. The standard InChI is InChI=1S/C24H28ClN3O4S/c1-19(31-17-15-26)28(33(29,30)22-7-3-2-4-8-22)24-10-6-5-9-23(24)27-16-18-32-21-13-11-20(25)12-14-21/h2-14,19,27H,15-18,26H2,1H3. The summed E-state index contributed by atoms with van der Waals surface area (Å²) in [4.78, 5) is 0.175. The Kier molecular flexibility index (Phi) is 8.96. The van der Waals surface area contributed by atoms with Gasteiger partial charge in [-0.05, 0) is 55.5 Å². The first kappa shape index (κ1) is 24.9. The van der Waals surface area contributed by atoms with E-state index in [-0.39, 0.29) is 18.0 Å². The summed E-state index contributed by atoms with van der Waals surface area (Å²) in [6.45, 7) is 3.03. The molecule has 0 saturated carbocycles. The number of sulfonamides is 1. The van der Waals surface area contributed by atoms with Gasteiger partial charge in [0.15, 0.2) is 0 Å². The van der Waals surface area contributed by atoms with Crippen molar-refractivity contribution in [3.05, 3.63) is 83.9 Å². The van der Waals surface area contributed by atoms with Crippen molar-refractivity contribution in [1.29, 1.82) is 0 Å². The molecule has 1 atom stereocenters. The summed E-state index contributed by atoms with van der Waals surface area (Å²) in [5, 5.41) is 3.91. The Morgan fingerprint density at radius 2 is 1.64 bits per heavy atom. The van der Waals surface area contributed by atoms with Crippen molar-refractivity contribution in [2.75, 3.05) is 35.9 Å². The molecule has 3 rings (SSSR count). The van der Waals surface area contributed by atoms with Gasteiger partial charge in [0, 0.05) is 18.1 Å². The first-order chi connectivity index (χ1) is 15.9. The van der Waals surface area contributed by atoms with Gasteiger partial charge in [-0.15, -0.1) is 0 Å². The molecule has 0 amide bonds. The molecule has 3 aromatic rings. The van der Waals surface area contributed by atoms with E-state index in [1.54, 1.807) is 73.7 Å². The third-order valence-corrected chi connectivity index (χ3v) is 6.88. The monoisotopic (exact) mass is 489 g/mol. The van der Waals surface area contributed by atoms with Gasteiger partial charge in [0.2, 0.25) is 0 Å². The molecule has 1 unspecified atom stereocenters. The lowest BCUT2D eigenvalue weighted by Gasteiger charge is -2.32. The molecular weight excluding hydrogens is 462 g/mol. The van der Waals surface area contributed by atoms with E-state index in [0.717, 1.165) is 0 Å². The predicted molar refractivity (Wildman–Crippen MR) is 132 cm³/mol. The second-order valence-electron chi connectivity index (χ2n) is 7.12. The zero-order chi connectivity index (χ0) is 23.7. The highest BCUT2D eigenvalue weighted by Crippen LogP contribution is 2.33. The second-order valence-corrected chi connectivity index (χ2v) is 9.37. The van der Waals surface area contributed by atoms with Crippen LogP contribution in [0.3, 0.4) is 0 Å². The van der Waals surface area contributed by atoms with Crippen LogP contribution in [-0.4, -0.2) is 40.9 Å². The van der Waals surface area contributed by atoms with E-state index in [0.29, 0.717) is 35.3 Å². The van der Waals surface area contributed by atoms with Crippen LogP contribution < -0.4 is 20.1 Å². The van der Waals surface area contributed by atoms with Crippen molar-refractivity contribution in [3.8, 4) is 5.75 Å². The van der Waals surface area contributed by atoms with Crippen molar-refractivity contribution in [3.63, 3.8) is 0 Å². The Labute approximate surface area is 200 Å². The summed E-state index contributed by atoms with van der Waals surface area (Å²) in [7, 11) is -3.90. The number of anilines is 2. The van der Waals surface area contributed by atoms with Gasteiger partial charge in [-0.25, -0.2) is 12.7 Å². The van der Waals surface area contributed by atoms with Gasteiger partial charge in [0.25, 0.3) is 10.0 Å². The molecule has 9 heteroatoms. The van der Waals surface area contributed by atoms with E-state index in [1.807, 2.05) is 12.1 Å². The van der Waals surface area contributed by atoms with E-state index < -0.39 is 16.3 Å². The fourth-order valence-corrected chi connectivity index (χ4v) is 4.96. The van der Waals surface area contributed by atoms with Gasteiger partial charge >= 0.3 is 0 Å². The van der Waals surface area contributed by atoms with E-state index >= 15 is 0 Å². The molecule has 176 valence electrons. The first-order valence-electron chi connectivity index (χ1n) is 10.6. The highest BCUT2D eigenvalue weighted by molar-refractivity contribution is 7.92. The molecule has 7 nitrogen and oxygen atoms in total. The largest absolute Gasteiger partial charge is 0.492 e. The molecule has 0 fully saturated rings. The highest BCUT2D eigenvalue weighted by Gasteiger charge is 2.31. The Morgan fingerprint density at radius 1 is 0.970 bits per heavy atom. The Balaban J connectivity index is 1.82. The quantitative estimate of drug-likeness (QED) is 0.290. The third kappa shape index (κ3) is 6.61. The van der Waals surface area contributed by atoms with Gasteiger partial charge in [-0.3, -0.25) is 0 Å². The van der Waals surface area contributed by atoms with Crippen LogP contribution in [0, 0.1) is 0 Å². The number of nitrogens with two attached hydrogens (primary N) is 1. The summed E-state index contributed by atoms with van der Waals surface area (Å²) >= 11 is 5.90. The van der Waals surface area contributed by atoms with Crippen molar-refractivity contribution in [2.45, 2.75) is 18.0 Å². The molecule has 0 heterocycles. The predicted octanol–water partition coefficient (Wildman–Crippen LogP) is 4.35. The normalized spacial score (nSPS) is 12.2. The van der Waals surface area contributed by atoms with Crippen molar-refractivity contribution >= 4 is 33.0 Å². The van der Waals surface area contributed by atoms with Gasteiger partial charge in [0.05, 0.1) is 22.9 Å². The number of halogens is 1. The molecular formula is C24H28ClN3O4S. The van der Waals surface area contributed by atoms with Crippen LogP contribution >= 0.6 is 11.6 Å². The molecule has 0 radical (unpaired) electrons. The van der Waals surface area contributed by atoms with E-state index in [4.69, 9.17) is 26.8 Å². The van der Waals surface area contributed by atoms with Crippen LogP contribution in [0.5, 0.6) is 5.75 Å². The Bertz CT molecular complexity index is 1110. The number of hydrogen-bond donors (Lipinski definition) is 2. The van der Waals surface area contributed by atoms with Crippen molar-refractivity contribution in [2.24, 2.45) is 5.73 Å². The molecule has 33 heavy (non-hydrogen) atoms. The lowest BCUT2D eigenvalue weighted by molar-refractivity contribution is 0.0802. The number of para-hydroxylation sites is 2. The molecule has 0 aliphatic heterocycles. The molecule has 0 aromatic heterocycles. The van der Waals surface area contributed by atoms with E-state index in [2.05, 4.69) is 5.32 Å². The second kappa shape index (κ2) is 11.9. The minimum Gasteiger partial charge on any atom is -0.492 e. The number of rotatable bonds is 12. The topological polar surface area (TPSA) is 93.9 Å². The number of nitrogens with one attached hydrogen (secondary N) is 1. The molecule has 0 aliphatic rings. The third-order valence-electron chi connectivity index (χ3n) is 4.75. The summed E-state index contributed by atoms with van der Waals surface area (Å²) in [6, 6.07) is 22.6. The minimum atomic E-state index is -3.90. The Hall–Kier alpha value is -2.78. The summed E-state index contributed by atoms with van der Waals surface area (Å²) in [5.41, 5.74) is 6.69. The lowest BCUT2D eigenvalue weighted by Crippen LogP contribution is -2.41. The van der Waals surface area contributed by atoms with Gasteiger partial charge in [-0.1, -0.05) is 41.9 Å². The van der Waals surface area contributed by atoms with E-state index in [1.165, 1.54) is 4.31 Å². The van der Waals surface area contributed by atoms with Gasteiger partial charge in [-0.2, -0.15) is 0 Å². The Morgan fingerprint density at radius 3 is 2.33 bits per heavy atom. The van der Waals surface area contributed by atoms with Crippen LogP contribution in [0.25, 0.3) is 0 Å². The fraction of sp³-hybridized carbons (Fsp3) is 0.250. The van der Waals surface area contributed by atoms with Gasteiger partial charge in [0.1, 0.15) is 18.6 Å². The average Bonchev–Trinajstić information content (AvgIpc) is 2.83. The molecule has 0 bridgehead atoms. The zero-order valence-corrected chi connectivity index (χ0v) is 19.9. The molecule has 3 aromatic carbocycles. The maximum absolute atomic E-state index is 13.6. The summed E-state index contributed by atoms with van der Waals surface area (Å²) < 4.78 is 39.9. The zero-order valence-electron chi connectivity index (χ0n) is 18.4. The van der Waals surface area contributed by atoms with Gasteiger partial charge < -0.3 is 20.5 Å². The van der Waals surface area contributed by atoms with Crippen molar-refractivity contribution < 1.29 is 17.9 Å². The van der Waals surface area contributed by atoms with Crippen LogP contribution in [0.2, 0.25) is 5.02 Å². The summed E-state index contributed by atoms with van der Waals surface area (Å²) in [5.74, 6) is 0.701. The maximum atomic E-state index is 13.6. The average molecular weight is 490 g/mol. The first-order valence-corrected chi connectivity index (χ1v) is 12.4. The van der Waals surface area contributed by atoms with Crippen molar-refractivity contribution in [1.82, 2.24) is 0 Å². The molecule has 0 spiro atoms. The maximum Gasteiger partial charge on any atom is 0.266 e. The SMILES string of the molecule is CC(OCCN)N(c1ccccc1NCCOc1ccc(Cl)cc1)S(=O)(=O)c1ccccc1. The fourth-order valence-electron chi connectivity index (χ4n) is 3.23. The van der Waals surface area contributed by atoms with Crippen LogP contribution in [0.1, 0.15) is 6.92 Å². The van der Waals surface area contributed by atoms with E-state index in [9.17, 15) is 8.42 Å². The number of nitrogens with zero attached hydrogens (tertiary/aromatic N) is 1. The lowest BCUT2D eigenvalue weighted by atomic mass is 10.2. The number of benzene rings is 3. The number of ether oxygens (including phenoxy) is 2.